The Bertz CT molecular complexity index is 266. The van der Waals surface area contributed by atoms with E-state index in [0.717, 1.165) is 0 Å². The van der Waals surface area contributed by atoms with E-state index in [0.29, 0.717) is 0 Å². The molecule has 0 heterocycles. The highest BCUT2D eigenvalue weighted by atomic mass is 19.4. The van der Waals surface area contributed by atoms with Crippen molar-refractivity contribution >= 4 is 0 Å². The smallest absolute Gasteiger partial charge is 0.436 e. The van der Waals surface area contributed by atoms with Crippen molar-refractivity contribution in [1.82, 2.24) is 0 Å². The summed E-state index contributed by atoms with van der Waals surface area (Å²) in [6.07, 6.45) is -6.05. The van der Waals surface area contributed by atoms with Gasteiger partial charge in [-0.1, -0.05) is 6.58 Å². The maximum Gasteiger partial charge on any atom is 0.470 e. The summed E-state index contributed by atoms with van der Waals surface area (Å²) >= 11 is 0. The zero-order chi connectivity index (χ0) is 13.4. The Hall–Kier alpha value is -1.02. The van der Waals surface area contributed by atoms with E-state index >= 15 is 0 Å². The topological polar surface area (TPSA) is 9.23 Å². The van der Waals surface area contributed by atoms with Gasteiger partial charge in [0, 0.05) is 6.92 Å². The van der Waals surface area contributed by atoms with Crippen LogP contribution in [0.4, 0.5) is 35.1 Å². The van der Waals surface area contributed by atoms with Crippen LogP contribution in [0.3, 0.4) is 0 Å². The summed E-state index contributed by atoms with van der Waals surface area (Å²) in [4.78, 5) is 0. The zero-order valence-electron chi connectivity index (χ0n) is 7.72. The largest absolute Gasteiger partial charge is 0.470 e. The number of hydrogen-bond acceptors (Lipinski definition) is 1. The first-order chi connectivity index (χ1) is 6.81. The lowest BCUT2D eigenvalue weighted by Gasteiger charge is -2.34. The molecule has 0 unspecified atom stereocenters. The van der Waals surface area contributed by atoms with Gasteiger partial charge in [0.15, 0.2) is 0 Å². The van der Waals surface area contributed by atoms with Gasteiger partial charge in [0.25, 0.3) is 0 Å². The summed E-state index contributed by atoms with van der Waals surface area (Å²) in [5, 5.41) is 0. The van der Waals surface area contributed by atoms with Gasteiger partial charge in [-0.05, 0) is 0 Å². The van der Waals surface area contributed by atoms with Gasteiger partial charge < -0.3 is 4.74 Å². The highest BCUT2D eigenvalue weighted by molar-refractivity contribution is 4.99. The standard InChI is InChI=1S/C7H6F8O/c1-3-16-7(14,15)6(12,13)5(10,11)4(2,8)9/h3H,1H2,2H3. The number of hydrogen-bond donors (Lipinski definition) is 0. The molecule has 9 heteroatoms. The van der Waals surface area contributed by atoms with E-state index in [1.54, 1.807) is 0 Å². The third-order valence-electron chi connectivity index (χ3n) is 1.54. The van der Waals surface area contributed by atoms with E-state index in [4.69, 9.17) is 0 Å². The predicted octanol–water partition coefficient (Wildman–Crippen LogP) is 3.67. The predicted molar refractivity (Wildman–Crippen MR) is 36.7 cm³/mol. The van der Waals surface area contributed by atoms with Crippen LogP contribution in [-0.4, -0.2) is 23.9 Å². The molecule has 0 saturated carbocycles. The van der Waals surface area contributed by atoms with Crippen LogP contribution in [-0.2, 0) is 4.74 Å². The Balaban J connectivity index is 5.42. The fraction of sp³-hybridized carbons (Fsp3) is 0.714. The molecule has 0 N–H and O–H groups in total. The lowest BCUT2D eigenvalue weighted by molar-refractivity contribution is -0.414. The maximum absolute atomic E-state index is 12.5. The summed E-state index contributed by atoms with van der Waals surface area (Å²) in [7, 11) is 0. The first-order valence-corrected chi connectivity index (χ1v) is 3.61. The Morgan fingerprint density at radius 2 is 1.25 bits per heavy atom. The second kappa shape index (κ2) is 3.77. The minimum atomic E-state index is -6.38. The first kappa shape index (κ1) is 15.0. The molecule has 0 aromatic heterocycles. The molecule has 0 aromatic carbocycles. The van der Waals surface area contributed by atoms with Crippen molar-refractivity contribution in [2.75, 3.05) is 0 Å². The molecular weight excluding hydrogens is 252 g/mol. The Morgan fingerprint density at radius 1 is 0.875 bits per heavy atom. The second-order valence-corrected chi connectivity index (χ2v) is 2.84. The normalized spacial score (nSPS) is 14.8. The summed E-state index contributed by atoms with van der Waals surface area (Å²) in [6, 6.07) is 0. The van der Waals surface area contributed by atoms with Crippen LogP contribution >= 0.6 is 0 Å². The second-order valence-electron chi connectivity index (χ2n) is 2.84. The molecule has 0 saturated heterocycles. The molecule has 1 nitrogen and oxygen atoms in total. The zero-order valence-corrected chi connectivity index (χ0v) is 7.72. The first-order valence-electron chi connectivity index (χ1n) is 3.61. The number of alkyl halides is 8. The van der Waals surface area contributed by atoms with Crippen molar-refractivity contribution in [3.8, 4) is 0 Å². The Labute approximate surface area is 84.7 Å². The van der Waals surface area contributed by atoms with E-state index in [2.05, 4.69) is 11.3 Å². The van der Waals surface area contributed by atoms with Crippen LogP contribution in [0, 0.1) is 0 Å². The van der Waals surface area contributed by atoms with E-state index in [1.807, 2.05) is 0 Å². The molecule has 0 atom stereocenters. The van der Waals surface area contributed by atoms with Crippen LogP contribution in [0.5, 0.6) is 0 Å². The summed E-state index contributed by atoms with van der Waals surface area (Å²) in [5.41, 5.74) is 0. The minimum Gasteiger partial charge on any atom is -0.436 e. The molecule has 0 aliphatic carbocycles. The van der Waals surface area contributed by atoms with Gasteiger partial charge in [0.1, 0.15) is 0 Å². The monoisotopic (exact) mass is 258 g/mol. The highest BCUT2D eigenvalue weighted by Crippen LogP contribution is 2.52. The van der Waals surface area contributed by atoms with Crippen molar-refractivity contribution in [2.24, 2.45) is 0 Å². The molecule has 96 valence electrons. The molecule has 0 aliphatic rings. The van der Waals surface area contributed by atoms with Gasteiger partial charge >= 0.3 is 23.9 Å². The van der Waals surface area contributed by atoms with Crippen LogP contribution in [0.1, 0.15) is 6.92 Å². The van der Waals surface area contributed by atoms with E-state index in [9.17, 15) is 35.1 Å². The molecule has 0 fully saturated rings. The van der Waals surface area contributed by atoms with E-state index in [-0.39, 0.29) is 6.26 Å². The summed E-state index contributed by atoms with van der Waals surface area (Å²) in [5.74, 6) is -18.0. The van der Waals surface area contributed by atoms with Gasteiger partial charge in [-0.25, -0.2) is 0 Å². The maximum atomic E-state index is 12.5. The average molecular weight is 258 g/mol. The van der Waals surface area contributed by atoms with Crippen molar-refractivity contribution in [2.45, 2.75) is 30.8 Å². The van der Waals surface area contributed by atoms with Crippen molar-refractivity contribution in [1.29, 1.82) is 0 Å². The molecule has 16 heavy (non-hydrogen) atoms. The lowest BCUT2D eigenvalue weighted by Crippen LogP contribution is -2.61. The van der Waals surface area contributed by atoms with E-state index in [1.165, 1.54) is 0 Å². The quantitative estimate of drug-likeness (QED) is 0.540. The molecule has 0 spiro atoms. The third-order valence-corrected chi connectivity index (χ3v) is 1.54. The SMILES string of the molecule is C=COC(F)(F)C(F)(F)C(F)(F)C(C)(F)F. The third kappa shape index (κ3) is 2.07. The van der Waals surface area contributed by atoms with Crippen LogP contribution in [0.2, 0.25) is 0 Å². The number of ether oxygens (including phenoxy) is 1. The van der Waals surface area contributed by atoms with Gasteiger partial charge in [0.05, 0.1) is 6.26 Å². The van der Waals surface area contributed by atoms with Gasteiger partial charge in [-0.15, -0.1) is 0 Å². The number of halogens is 8. The van der Waals surface area contributed by atoms with E-state index < -0.39 is 30.8 Å². The molecular formula is C7H6F8O. The van der Waals surface area contributed by atoms with Gasteiger partial charge in [-0.2, -0.15) is 35.1 Å². The van der Waals surface area contributed by atoms with Crippen molar-refractivity contribution < 1.29 is 39.9 Å². The molecule has 0 rings (SSSR count). The fourth-order valence-corrected chi connectivity index (χ4v) is 0.637. The fourth-order valence-electron chi connectivity index (χ4n) is 0.637. The summed E-state index contributed by atoms with van der Waals surface area (Å²) in [6.45, 7) is 1.83. The molecule has 0 radical (unpaired) electrons. The van der Waals surface area contributed by atoms with Gasteiger partial charge in [0.2, 0.25) is 0 Å². The van der Waals surface area contributed by atoms with Gasteiger partial charge in [-0.3, -0.25) is 0 Å². The average Bonchev–Trinajstić information content (AvgIpc) is 2.01. The van der Waals surface area contributed by atoms with Crippen LogP contribution < -0.4 is 0 Å². The van der Waals surface area contributed by atoms with Crippen LogP contribution in [0.15, 0.2) is 12.8 Å². The van der Waals surface area contributed by atoms with Crippen molar-refractivity contribution in [3.63, 3.8) is 0 Å². The Morgan fingerprint density at radius 3 is 1.50 bits per heavy atom. The highest BCUT2D eigenvalue weighted by Gasteiger charge is 2.80. The van der Waals surface area contributed by atoms with Crippen LogP contribution in [0.25, 0.3) is 0 Å². The number of rotatable bonds is 5. The molecule has 0 bridgehead atoms. The van der Waals surface area contributed by atoms with Crippen molar-refractivity contribution in [3.05, 3.63) is 12.8 Å². The minimum absolute atomic E-state index is 0.252. The lowest BCUT2D eigenvalue weighted by atomic mass is 10.1. The Kier molecular flexibility index (Phi) is 3.53. The molecule has 0 aromatic rings. The summed E-state index contributed by atoms with van der Waals surface area (Å²) < 4.78 is 102. The molecule has 0 amide bonds. The molecule has 0 aliphatic heterocycles.